The highest BCUT2D eigenvalue weighted by molar-refractivity contribution is 9.10. The third-order valence-corrected chi connectivity index (χ3v) is 5.80. The SMILES string of the molecule is O=C(O)c1ccc(CSc2n[nH]c(-c3cccnc3)[n+]2-c2ccc(Br)cc2)cc1. The lowest BCUT2D eigenvalue weighted by Crippen LogP contribution is -2.33. The van der Waals surface area contributed by atoms with E-state index in [4.69, 9.17) is 5.11 Å². The van der Waals surface area contributed by atoms with Crippen LogP contribution < -0.4 is 4.57 Å². The van der Waals surface area contributed by atoms with Gasteiger partial charge in [0.2, 0.25) is 0 Å². The highest BCUT2D eigenvalue weighted by atomic mass is 79.9. The molecule has 0 aliphatic carbocycles. The topological polar surface area (TPSA) is 82.7 Å². The van der Waals surface area contributed by atoms with Crippen LogP contribution in [0, 0.1) is 0 Å². The maximum absolute atomic E-state index is 11.0. The van der Waals surface area contributed by atoms with Crippen molar-refractivity contribution in [1.29, 1.82) is 0 Å². The largest absolute Gasteiger partial charge is 0.478 e. The number of carboxylic acid groups (broad SMARTS) is 1. The van der Waals surface area contributed by atoms with Gasteiger partial charge in [0.1, 0.15) is 5.69 Å². The van der Waals surface area contributed by atoms with E-state index in [-0.39, 0.29) is 5.56 Å². The molecular formula is C21H16BrN4O2S+. The molecule has 2 heterocycles. The van der Waals surface area contributed by atoms with Crippen molar-refractivity contribution in [2.75, 3.05) is 0 Å². The molecule has 0 aliphatic heterocycles. The number of nitrogens with zero attached hydrogens (tertiary/aromatic N) is 3. The lowest BCUT2D eigenvalue weighted by Gasteiger charge is -2.05. The minimum atomic E-state index is -0.925. The van der Waals surface area contributed by atoms with Crippen molar-refractivity contribution in [1.82, 2.24) is 15.2 Å². The molecule has 0 fully saturated rings. The number of benzene rings is 2. The average molecular weight is 468 g/mol. The highest BCUT2D eigenvalue weighted by Crippen LogP contribution is 2.23. The molecule has 4 aromatic rings. The molecule has 2 aromatic carbocycles. The van der Waals surface area contributed by atoms with Crippen molar-refractivity contribution < 1.29 is 14.5 Å². The zero-order valence-corrected chi connectivity index (χ0v) is 17.5. The number of pyridine rings is 1. The van der Waals surface area contributed by atoms with Gasteiger partial charge < -0.3 is 5.11 Å². The van der Waals surface area contributed by atoms with E-state index in [1.54, 1.807) is 36.3 Å². The molecule has 0 atom stereocenters. The molecule has 6 nitrogen and oxygen atoms in total. The first-order chi connectivity index (χ1) is 14.1. The summed E-state index contributed by atoms with van der Waals surface area (Å²) in [5.41, 5.74) is 3.21. The predicted octanol–water partition coefficient (Wildman–Crippen LogP) is 4.50. The van der Waals surface area contributed by atoms with Crippen molar-refractivity contribution in [3.63, 3.8) is 0 Å². The fourth-order valence-electron chi connectivity index (χ4n) is 2.81. The van der Waals surface area contributed by atoms with Crippen LogP contribution in [0.25, 0.3) is 17.1 Å². The van der Waals surface area contributed by atoms with Crippen molar-refractivity contribution in [2.24, 2.45) is 0 Å². The molecule has 8 heteroatoms. The summed E-state index contributed by atoms with van der Waals surface area (Å²) in [6.07, 6.45) is 3.53. The molecular weight excluding hydrogens is 452 g/mol. The summed E-state index contributed by atoms with van der Waals surface area (Å²) in [5, 5.41) is 17.5. The predicted molar refractivity (Wildman–Crippen MR) is 114 cm³/mol. The van der Waals surface area contributed by atoms with Crippen LogP contribution in [0.1, 0.15) is 15.9 Å². The quantitative estimate of drug-likeness (QED) is 0.322. The van der Waals surface area contributed by atoms with Crippen LogP contribution in [0.5, 0.6) is 0 Å². The summed E-state index contributed by atoms with van der Waals surface area (Å²) in [5.74, 6) is 0.572. The molecule has 0 radical (unpaired) electrons. The maximum atomic E-state index is 11.0. The Morgan fingerprint density at radius 1 is 1.10 bits per heavy atom. The van der Waals surface area contributed by atoms with Gasteiger partial charge in [-0.1, -0.05) is 28.1 Å². The van der Waals surface area contributed by atoms with E-state index in [0.717, 1.165) is 32.3 Å². The molecule has 0 bridgehead atoms. The fourth-order valence-corrected chi connectivity index (χ4v) is 4.00. The summed E-state index contributed by atoms with van der Waals surface area (Å²) in [7, 11) is 0. The Labute approximate surface area is 179 Å². The number of H-pyrrole nitrogens is 1. The number of halogens is 1. The van der Waals surface area contributed by atoms with Gasteiger partial charge in [0.15, 0.2) is 0 Å². The van der Waals surface area contributed by atoms with E-state index in [2.05, 4.69) is 35.7 Å². The van der Waals surface area contributed by atoms with Crippen LogP contribution in [-0.2, 0) is 5.75 Å². The summed E-state index contributed by atoms with van der Waals surface area (Å²) in [4.78, 5) is 15.2. The Morgan fingerprint density at radius 2 is 1.86 bits per heavy atom. The Morgan fingerprint density at radius 3 is 2.52 bits per heavy atom. The number of carboxylic acids is 1. The van der Waals surface area contributed by atoms with E-state index in [0.29, 0.717) is 5.75 Å². The first-order valence-corrected chi connectivity index (χ1v) is 10.5. The average Bonchev–Trinajstić information content (AvgIpc) is 3.17. The number of hydrogen-bond donors (Lipinski definition) is 2. The third-order valence-electron chi connectivity index (χ3n) is 4.26. The van der Waals surface area contributed by atoms with Crippen LogP contribution in [0.2, 0.25) is 0 Å². The first kappa shape index (κ1) is 19.4. The molecule has 4 rings (SSSR count). The van der Waals surface area contributed by atoms with Gasteiger partial charge in [-0.15, -0.1) is 5.10 Å². The van der Waals surface area contributed by atoms with Crippen LogP contribution in [0.3, 0.4) is 0 Å². The van der Waals surface area contributed by atoms with Crippen molar-refractivity contribution in [3.05, 3.63) is 88.7 Å². The van der Waals surface area contributed by atoms with Gasteiger partial charge in [0.05, 0.1) is 16.2 Å². The molecule has 0 amide bonds. The number of aromatic carboxylic acids is 1. The van der Waals surface area contributed by atoms with E-state index in [9.17, 15) is 4.79 Å². The summed E-state index contributed by atoms with van der Waals surface area (Å²) in [6.45, 7) is 0. The number of carbonyl (C=O) groups is 1. The lowest BCUT2D eigenvalue weighted by molar-refractivity contribution is -0.625. The van der Waals surface area contributed by atoms with Gasteiger partial charge in [0, 0.05) is 22.6 Å². The molecule has 0 unspecified atom stereocenters. The monoisotopic (exact) mass is 467 g/mol. The number of aromatic amines is 1. The van der Waals surface area contributed by atoms with Crippen LogP contribution in [0.15, 0.2) is 82.7 Å². The minimum Gasteiger partial charge on any atom is -0.478 e. The van der Waals surface area contributed by atoms with Gasteiger partial charge in [-0.05, 0) is 65.9 Å². The molecule has 0 saturated carbocycles. The normalized spacial score (nSPS) is 10.8. The molecule has 2 N–H and O–H groups in total. The zero-order chi connectivity index (χ0) is 20.2. The number of nitrogens with one attached hydrogen (secondary N) is 1. The van der Waals surface area contributed by atoms with Crippen LogP contribution >= 0.6 is 27.7 Å². The van der Waals surface area contributed by atoms with E-state index < -0.39 is 5.97 Å². The zero-order valence-electron chi connectivity index (χ0n) is 15.1. The second-order valence-corrected chi connectivity index (χ2v) is 8.06. The van der Waals surface area contributed by atoms with Gasteiger partial charge in [-0.25, -0.2) is 4.79 Å². The van der Waals surface area contributed by atoms with Gasteiger partial charge >= 0.3 is 11.1 Å². The second-order valence-electron chi connectivity index (χ2n) is 6.20. The molecule has 2 aromatic heterocycles. The van der Waals surface area contributed by atoms with Crippen molar-refractivity contribution >= 4 is 33.7 Å². The number of rotatable bonds is 6. The first-order valence-electron chi connectivity index (χ1n) is 8.73. The molecule has 144 valence electrons. The standard InChI is InChI=1S/C21H15BrN4O2S/c22-17-7-9-18(10-8-17)26-19(16-2-1-11-23-12-16)24-25-21(26)29-13-14-3-5-15(6-4-14)20(27)28/h1-12H,13H2,(H,27,28)/p+1. The van der Waals surface area contributed by atoms with Gasteiger partial charge in [0.25, 0.3) is 5.82 Å². The smallest absolute Gasteiger partial charge is 0.342 e. The Balaban J connectivity index is 1.67. The molecule has 0 spiro atoms. The lowest BCUT2D eigenvalue weighted by atomic mass is 10.1. The van der Waals surface area contributed by atoms with Gasteiger partial charge in [-0.3, -0.25) is 4.98 Å². The van der Waals surface area contributed by atoms with Crippen LogP contribution in [-0.4, -0.2) is 26.3 Å². The fraction of sp³-hybridized carbons (Fsp3) is 0.0476. The van der Waals surface area contributed by atoms with E-state index in [1.165, 1.54) is 0 Å². The van der Waals surface area contributed by atoms with Crippen molar-refractivity contribution in [3.8, 4) is 17.1 Å². The second kappa shape index (κ2) is 8.59. The van der Waals surface area contributed by atoms with Crippen LogP contribution in [0.4, 0.5) is 0 Å². The Hall–Kier alpha value is -2.97. The van der Waals surface area contributed by atoms with E-state index in [1.807, 2.05) is 48.5 Å². The number of hydrogen-bond acceptors (Lipinski definition) is 4. The molecule has 29 heavy (non-hydrogen) atoms. The Kier molecular flexibility index (Phi) is 5.73. The number of thioether (sulfide) groups is 1. The summed E-state index contributed by atoms with van der Waals surface area (Å²) < 4.78 is 3.06. The highest BCUT2D eigenvalue weighted by Gasteiger charge is 2.24. The number of aromatic nitrogens is 4. The summed E-state index contributed by atoms with van der Waals surface area (Å²) >= 11 is 5.05. The maximum Gasteiger partial charge on any atom is 0.342 e. The third kappa shape index (κ3) is 4.38. The molecule has 0 saturated heterocycles. The van der Waals surface area contributed by atoms with Crippen molar-refractivity contribution in [2.45, 2.75) is 10.9 Å². The summed E-state index contributed by atoms with van der Waals surface area (Å²) in [6, 6.07) is 18.8. The molecule has 0 aliphatic rings. The van der Waals surface area contributed by atoms with Gasteiger partial charge in [-0.2, -0.15) is 4.57 Å². The Bertz CT molecular complexity index is 1130. The minimum absolute atomic E-state index is 0.280. The van der Waals surface area contributed by atoms with E-state index >= 15 is 0 Å².